The lowest BCUT2D eigenvalue weighted by atomic mass is 9.89. The molecule has 0 radical (unpaired) electrons. The predicted molar refractivity (Wildman–Crippen MR) is 424 cm³/mol. The average molecular weight is 1690 g/mol. The molecule has 16 aromatic heterocycles. The van der Waals surface area contributed by atoms with E-state index < -0.39 is 43.5 Å². The predicted octanol–water partition coefficient (Wildman–Crippen LogP) is 15.5. The Balaban J connectivity index is 0.000000130. The first-order valence-electron chi connectivity index (χ1n) is 35.3. The fourth-order valence-electron chi connectivity index (χ4n) is 11.6. The SMILES string of the molecule is CCOC1CC(n2cc(NC(=O)c3csc(-c4c(C)n[nH]c4C)n3)c(-c3ccccn3)n2)C1.Cc1[nH]ncc1-c1nc(C(=O)Nc2cn(C(F)F)nc2-c2ccccn2)cs1.Cc1[nH]ncc1-c1nc(C(=O)Nc2cn(C(F)F)nc2-c2ccccn2)cs1.O=C(Nc1cn(CC(F)(F)F)nc1-c1ccccn1)c1csc(-c2cn[nH]c2)n1. The zero-order valence-electron chi connectivity index (χ0n) is 62.1. The van der Waals surface area contributed by atoms with Gasteiger partial charge in [-0.25, -0.2) is 29.3 Å². The number of H-pyrrole nitrogens is 4. The van der Waals surface area contributed by atoms with Gasteiger partial charge in [-0.3, -0.25) is 68.9 Å². The summed E-state index contributed by atoms with van der Waals surface area (Å²) in [6.45, 7) is 3.31. The Morgan fingerprint density at radius 3 is 1.31 bits per heavy atom. The van der Waals surface area contributed by atoms with Gasteiger partial charge in [0.2, 0.25) is 0 Å². The summed E-state index contributed by atoms with van der Waals surface area (Å²) in [6, 6.07) is 20.9. The monoisotopic (exact) mass is 1680 g/mol. The summed E-state index contributed by atoms with van der Waals surface area (Å²) in [5.74, 6) is -1.92. The molecule has 0 spiro atoms. The van der Waals surface area contributed by atoms with Gasteiger partial charge in [-0.15, -0.1) is 45.3 Å². The Bertz CT molecular complexity index is 5910. The van der Waals surface area contributed by atoms with Gasteiger partial charge in [-0.1, -0.05) is 24.3 Å². The van der Waals surface area contributed by atoms with Gasteiger partial charge in [0, 0.05) is 94.2 Å². The van der Waals surface area contributed by atoms with Gasteiger partial charge in [-0.05, 0) is 96.0 Å². The molecule has 1 aliphatic rings. The molecule has 1 aliphatic carbocycles. The van der Waals surface area contributed by atoms with Gasteiger partial charge < -0.3 is 26.0 Å². The van der Waals surface area contributed by atoms with Crippen LogP contribution in [0.25, 0.3) is 87.8 Å². The number of amides is 4. The Hall–Kier alpha value is -13.9. The van der Waals surface area contributed by atoms with E-state index in [4.69, 9.17) is 9.84 Å². The van der Waals surface area contributed by atoms with Gasteiger partial charge in [0.05, 0.1) is 111 Å². The van der Waals surface area contributed by atoms with Crippen LogP contribution in [-0.2, 0) is 11.3 Å². The standard InChI is InChI=1S/C23H25N7O2S.C17H12F3N7OS.2C17H13F2N7OS/c1-4-32-16-9-15(10-16)30-11-18(21(29-30)17-7-5-6-8-24-17)25-22(31)19-12-33-23(26-19)20-13(2)27-28-14(20)3;18-17(19,20)9-27-7-12(14(26-27)11-3-1-2-4-21-11)24-15(28)13-8-29-16(25-13)10-5-22-23-6-10;2*1-9-10(6-21-24-9)16-23-13(8-28-16)15(27)22-12-7-26(17(18)19)25-14(12)11-4-2-3-5-20-11/h5-8,11-12,15-16H,4,9-10H2,1-3H3,(H,25,31)(H,27,28);1-8H,9H2,(H,22,23)(H,24,28);2*2-8,17H,1H3,(H,21,24)(H,22,27). The van der Waals surface area contributed by atoms with Crippen LogP contribution in [0.4, 0.5) is 53.5 Å². The second kappa shape index (κ2) is 35.9. The molecule has 0 aliphatic heterocycles. The van der Waals surface area contributed by atoms with E-state index >= 15 is 0 Å². The van der Waals surface area contributed by atoms with Gasteiger partial charge in [-0.2, -0.15) is 71.5 Å². The molecule has 8 N–H and O–H groups in total. The van der Waals surface area contributed by atoms with E-state index in [1.807, 2.05) is 63.7 Å². The molecular formula is C74H63F7N28O5S4. The molecule has 0 saturated heterocycles. The van der Waals surface area contributed by atoms with Crippen molar-refractivity contribution in [3.63, 3.8) is 0 Å². The number of alkyl halides is 7. The van der Waals surface area contributed by atoms with Crippen LogP contribution < -0.4 is 21.3 Å². The molecule has 602 valence electrons. The first-order chi connectivity index (χ1) is 57.0. The van der Waals surface area contributed by atoms with Crippen LogP contribution >= 0.6 is 45.3 Å². The second-order valence-electron chi connectivity index (χ2n) is 25.5. The molecule has 0 aromatic carbocycles. The highest BCUT2D eigenvalue weighted by Crippen LogP contribution is 2.39. The van der Waals surface area contributed by atoms with Crippen LogP contribution in [0.1, 0.15) is 104 Å². The number of nitrogens with one attached hydrogen (secondary N) is 8. The highest BCUT2D eigenvalue weighted by molar-refractivity contribution is 7.14. The number of aryl methyl sites for hydroxylation is 4. The molecule has 1 saturated carbocycles. The number of halogens is 7. The fraction of sp³-hybridized carbons (Fsp3) is 0.189. The highest BCUT2D eigenvalue weighted by atomic mass is 32.1. The third kappa shape index (κ3) is 19.1. The average Bonchev–Trinajstić information content (AvgIpc) is 1.61. The van der Waals surface area contributed by atoms with Gasteiger partial charge in [0.25, 0.3) is 23.6 Å². The summed E-state index contributed by atoms with van der Waals surface area (Å²) in [6.07, 6.45) is 15.5. The summed E-state index contributed by atoms with van der Waals surface area (Å²) in [7, 11) is 0. The van der Waals surface area contributed by atoms with Crippen molar-refractivity contribution in [2.24, 2.45) is 0 Å². The number of rotatable bonds is 22. The third-order valence-corrected chi connectivity index (χ3v) is 20.8. The minimum Gasteiger partial charge on any atom is -0.378 e. The first-order valence-corrected chi connectivity index (χ1v) is 38.8. The highest BCUT2D eigenvalue weighted by Gasteiger charge is 2.34. The molecule has 118 heavy (non-hydrogen) atoms. The number of anilines is 4. The van der Waals surface area contributed by atoms with Gasteiger partial charge in [0.15, 0.2) is 0 Å². The van der Waals surface area contributed by atoms with Crippen molar-refractivity contribution in [3.8, 4) is 87.8 Å². The summed E-state index contributed by atoms with van der Waals surface area (Å²) in [5.41, 5.74) is 11.3. The maximum absolute atomic E-state index is 13.1. The van der Waals surface area contributed by atoms with Gasteiger partial charge >= 0.3 is 19.3 Å². The van der Waals surface area contributed by atoms with E-state index in [-0.39, 0.29) is 69.3 Å². The Kier molecular flexibility index (Phi) is 24.6. The van der Waals surface area contributed by atoms with Gasteiger partial charge in [0.1, 0.15) is 72.1 Å². The summed E-state index contributed by atoms with van der Waals surface area (Å²) in [4.78, 5) is 85.1. The number of carbonyl (C=O) groups excluding carboxylic acids is 4. The van der Waals surface area contributed by atoms with Crippen LogP contribution in [0.5, 0.6) is 0 Å². The number of ether oxygens (including phenoxy) is 1. The maximum atomic E-state index is 13.1. The fourth-order valence-corrected chi connectivity index (χ4v) is 15.1. The van der Waals surface area contributed by atoms with E-state index in [1.165, 1.54) is 63.9 Å². The Morgan fingerprint density at radius 2 is 0.924 bits per heavy atom. The number of nitrogens with zero attached hydrogens (tertiary/aromatic N) is 20. The largest absolute Gasteiger partial charge is 0.408 e. The van der Waals surface area contributed by atoms with Crippen molar-refractivity contribution < 1.29 is 54.6 Å². The summed E-state index contributed by atoms with van der Waals surface area (Å²) in [5, 5.41) is 63.5. The van der Waals surface area contributed by atoms with Crippen molar-refractivity contribution in [2.45, 2.75) is 85.4 Å². The molecule has 4 amide bonds. The van der Waals surface area contributed by atoms with E-state index in [1.54, 1.807) is 107 Å². The molecule has 0 bridgehead atoms. The second-order valence-corrected chi connectivity index (χ2v) is 28.9. The van der Waals surface area contributed by atoms with Crippen LogP contribution in [0, 0.1) is 27.7 Å². The summed E-state index contributed by atoms with van der Waals surface area (Å²) < 4.78 is 99.9. The number of hydrogen-bond donors (Lipinski definition) is 8. The number of hydrogen-bond acceptors (Lipinski definition) is 25. The topological polar surface area (TPSA) is 415 Å². The lowest BCUT2D eigenvalue weighted by molar-refractivity contribution is -0.142. The number of pyridine rings is 4. The summed E-state index contributed by atoms with van der Waals surface area (Å²) >= 11 is 5.24. The molecule has 1 fully saturated rings. The molecule has 0 unspecified atom stereocenters. The smallest absolute Gasteiger partial charge is 0.378 e. The molecular weight excluding hydrogens is 1620 g/mol. The van der Waals surface area contributed by atoms with Crippen LogP contribution in [0.3, 0.4) is 0 Å². The molecule has 0 atom stereocenters. The number of aromatic amines is 4. The molecule has 16 heterocycles. The molecule has 33 nitrogen and oxygen atoms in total. The first kappa shape index (κ1) is 80.7. The molecule has 16 aromatic rings. The minimum atomic E-state index is -4.46. The lowest BCUT2D eigenvalue weighted by Gasteiger charge is -2.34. The van der Waals surface area contributed by atoms with E-state index in [2.05, 4.69) is 117 Å². The van der Waals surface area contributed by atoms with Crippen LogP contribution in [-0.4, -0.2) is 162 Å². The number of carbonyl (C=O) groups is 4. The van der Waals surface area contributed by atoms with E-state index in [0.29, 0.717) is 70.8 Å². The van der Waals surface area contributed by atoms with Crippen molar-refractivity contribution in [2.75, 3.05) is 27.9 Å². The van der Waals surface area contributed by atoms with Crippen molar-refractivity contribution in [1.82, 2.24) is 120 Å². The molecule has 17 rings (SSSR count). The van der Waals surface area contributed by atoms with Crippen LogP contribution in [0.15, 0.2) is 169 Å². The quantitative estimate of drug-likeness (QED) is 0.0292. The zero-order chi connectivity index (χ0) is 82.7. The van der Waals surface area contributed by atoms with Crippen molar-refractivity contribution in [3.05, 3.63) is 214 Å². The Labute approximate surface area is 677 Å². The van der Waals surface area contributed by atoms with Crippen molar-refractivity contribution in [1.29, 1.82) is 0 Å². The zero-order valence-corrected chi connectivity index (χ0v) is 65.3. The van der Waals surface area contributed by atoms with E-state index in [9.17, 15) is 49.9 Å². The maximum Gasteiger partial charge on any atom is 0.408 e. The minimum absolute atomic E-state index is 0.107. The van der Waals surface area contributed by atoms with Crippen LogP contribution in [0.2, 0.25) is 0 Å². The Morgan fingerprint density at radius 1 is 0.508 bits per heavy atom. The number of thiazole rings is 4. The number of aromatic nitrogens is 24. The third-order valence-electron chi connectivity index (χ3n) is 17.3. The van der Waals surface area contributed by atoms with E-state index in [0.717, 1.165) is 86.2 Å². The lowest BCUT2D eigenvalue weighted by Crippen LogP contribution is -2.33. The van der Waals surface area contributed by atoms with Crippen molar-refractivity contribution >= 4 is 91.7 Å². The molecule has 44 heteroatoms. The normalized spacial score (nSPS) is 13.1.